The maximum Gasteiger partial charge on any atom is 0.171 e. The summed E-state index contributed by atoms with van der Waals surface area (Å²) in [4.78, 5) is 0. The van der Waals surface area contributed by atoms with E-state index in [1.54, 1.807) is 25.3 Å². The van der Waals surface area contributed by atoms with Crippen LogP contribution >= 0.6 is 35.4 Å². The molecule has 2 aromatic rings. The fraction of sp³-hybridized carbons (Fsp3) is 0.133. The Morgan fingerprint density at radius 3 is 2.43 bits per heavy atom. The highest BCUT2D eigenvalue weighted by Crippen LogP contribution is 2.27. The maximum absolute atomic E-state index is 5.97. The fourth-order valence-electron chi connectivity index (χ4n) is 1.73. The summed E-state index contributed by atoms with van der Waals surface area (Å²) in [5, 5.41) is 8.00. The van der Waals surface area contributed by atoms with E-state index in [1.165, 1.54) is 0 Å². The Kier molecular flexibility index (Phi) is 5.67. The quantitative estimate of drug-likeness (QED) is 0.803. The van der Waals surface area contributed by atoms with Crippen molar-refractivity contribution >= 4 is 46.2 Å². The van der Waals surface area contributed by atoms with Crippen molar-refractivity contribution in [1.82, 2.24) is 5.32 Å². The summed E-state index contributed by atoms with van der Waals surface area (Å²) in [6, 6.07) is 12.9. The van der Waals surface area contributed by atoms with E-state index in [4.69, 9.17) is 40.2 Å². The van der Waals surface area contributed by atoms with Crippen LogP contribution in [0.5, 0.6) is 5.75 Å². The van der Waals surface area contributed by atoms with Crippen molar-refractivity contribution in [1.29, 1.82) is 0 Å². The van der Waals surface area contributed by atoms with Crippen LogP contribution in [0.1, 0.15) is 5.56 Å². The highest BCUT2D eigenvalue weighted by atomic mass is 35.5. The third kappa shape index (κ3) is 4.77. The summed E-state index contributed by atoms with van der Waals surface area (Å²) in [6.07, 6.45) is 0. The molecule has 0 saturated carbocycles. The van der Waals surface area contributed by atoms with Crippen LogP contribution in [0.2, 0.25) is 10.0 Å². The van der Waals surface area contributed by atoms with Gasteiger partial charge in [-0.1, -0.05) is 35.3 Å². The molecule has 6 heteroatoms. The van der Waals surface area contributed by atoms with Gasteiger partial charge >= 0.3 is 0 Å². The van der Waals surface area contributed by atoms with Gasteiger partial charge in [-0.05, 0) is 48.1 Å². The largest absolute Gasteiger partial charge is 0.495 e. The molecule has 0 heterocycles. The molecule has 0 radical (unpaired) electrons. The van der Waals surface area contributed by atoms with Gasteiger partial charge in [-0.15, -0.1) is 0 Å². The minimum absolute atomic E-state index is 0.491. The van der Waals surface area contributed by atoms with E-state index < -0.39 is 0 Å². The topological polar surface area (TPSA) is 33.3 Å². The number of rotatable bonds is 4. The Hall–Kier alpha value is -1.49. The first-order valence-electron chi connectivity index (χ1n) is 6.21. The first-order chi connectivity index (χ1) is 10.1. The number of hydrogen-bond donors (Lipinski definition) is 2. The number of nitrogens with one attached hydrogen (secondary N) is 2. The van der Waals surface area contributed by atoms with Crippen LogP contribution in [0, 0.1) is 0 Å². The third-order valence-corrected chi connectivity index (χ3v) is 3.51. The molecule has 0 atom stereocenters. The van der Waals surface area contributed by atoms with E-state index in [0.29, 0.717) is 27.5 Å². The van der Waals surface area contributed by atoms with Crippen LogP contribution in [0.3, 0.4) is 0 Å². The normalized spacial score (nSPS) is 10.0. The third-order valence-electron chi connectivity index (χ3n) is 2.78. The Balaban J connectivity index is 1.95. The van der Waals surface area contributed by atoms with Crippen molar-refractivity contribution < 1.29 is 4.74 Å². The predicted octanol–water partition coefficient (Wildman–Crippen LogP) is 4.49. The van der Waals surface area contributed by atoms with Crippen LogP contribution in [0.15, 0.2) is 42.5 Å². The molecule has 0 aliphatic rings. The fourth-order valence-corrected chi connectivity index (χ4v) is 2.21. The van der Waals surface area contributed by atoms with Crippen molar-refractivity contribution in [3.05, 3.63) is 58.1 Å². The van der Waals surface area contributed by atoms with Gasteiger partial charge in [0, 0.05) is 16.6 Å². The number of hydrogen-bond acceptors (Lipinski definition) is 2. The van der Waals surface area contributed by atoms with E-state index in [0.717, 1.165) is 11.3 Å². The van der Waals surface area contributed by atoms with Gasteiger partial charge in [0.25, 0.3) is 0 Å². The SMILES string of the molecule is COc1ccc(Cl)cc1NC(=S)NCc1ccc(Cl)cc1. The number of ether oxygens (including phenoxy) is 1. The summed E-state index contributed by atoms with van der Waals surface area (Å²) < 4.78 is 5.25. The van der Waals surface area contributed by atoms with Gasteiger partial charge in [-0.25, -0.2) is 0 Å². The standard InChI is InChI=1S/C15H14Cl2N2OS/c1-20-14-7-6-12(17)8-13(14)19-15(21)18-9-10-2-4-11(16)5-3-10/h2-8H,9H2,1H3,(H2,18,19,21). The molecular weight excluding hydrogens is 327 g/mol. The van der Waals surface area contributed by atoms with Gasteiger partial charge < -0.3 is 15.4 Å². The van der Waals surface area contributed by atoms with Crippen LogP contribution in [-0.4, -0.2) is 12.2 Å². The lowest BCUT2D eigenvalue weighted by Crippen LogP contribution is -2.28. The summed E-state index contributed by atoms with van der Waals surface area (Å²) in [5.74, 6) is 0.676. The number of methoxy groups -OCH3 is 1. The predicted molar refractivity (Wildman–Crippen MR) is 92.5 cm³/mol. The van der Waals surface area contributed by atoms with Gasteiger partial charge in [0.05, 0.1) is 12.8 Å². The Labute approximate surface area is 139 Å². The minimum Gasteiger partial charge on any atom is -0.495 e. The molecule has 110 valence electrons. The second-order valence-corrected chi connectivity index (χ2v) is 5.56. The number of halogens is 2. The molecule has 0 aliphatic carbocycles. The van der Waals surface area contributed by atoms with Gasteiger partial charge in [0.1, 0.15) is 5.75 Å². The Bertz CT molecular complexity index is 632. The zero-order chi connectivity index (χ0) is 15.2. The van der Waals surface area contributed by atoms with Gasteiger partial charge in [-0.3, -0.25) is 0 Å². The van der Waals surface area contributed by atoms with Crippen LogP contribution in [0.25, 0.3) is 0 Å². The molecule has 0 saturated heterocycles. The lowest BCUT2D eigenvalue weighted by Gasteiger charge is -2.13. The molecule has 0 aromatic heterocycles. The second kappa shape index (κ2) is 7.50. The molecule has 2 N–H and O–H groups in total. The van der Waals surface area contributed by atoms with Crippen molar-refractivity contribution in [2.75, 3.05) is 12.4 Å². The lowest BCUT2D eigenvalue weighted by atomic mass is 10.2. The van der Waals surface area contributed by atoms with E-state index >= 15 is 0 Å². The highest BCUT2D eigenvalue weighted by molar-refractivity contribution is 7.80. The Morgan fingerprint density at radius 1 is 1.10 bits per heavy atom. The summed E-state index contributed by atoms with van der Waals surface area (Å²) >= 11 is 17.1. The molecule has 0 spiro atoms. The number of thiocarbonyl (C=S) groups is 1. The zero-order valence-corrected chi connectivity index (χ0v) is 13.6. The van der Waals surface area contributed by atoms with Gasteiger partial charge in [0.2, 0.25) is 0 Å². The molecule has 21 heavy (non-hydrogen) atoms. The average molecular weight is 341 g/mol. The molecule has 3 nitrogen and oxygen atoms in total. The van der Waals surface area contributed by atoms with Crippen LogP contribution < -0.4 is 15.4 Å². The summed E-state index contributed by atoms with van der Waals surface area (Å²) in [7, 11) is 1.60. The molecular formula is C15H14Cl2N2OS. The van der Waals surface area contributed by atoms with E-state index in [-0.39, 0.29) is 0 Å². The highest BCUT2D eigenvalue weighted by Gasteiger charge is 2.05. The maximum atomic E-state index is 5.97. The molecule has 2 aromatic carbocycles. The smallest absolute Gasteiger partial charge is 0.171 e. The molecule has 2 rings (SSSR count). The molecule has 0 bridgehead atoms. The number of anilines is 1. The first-order valence-corrected chi connectivity index (χ1v) is 7.38. The van der Waals surface area contributed by atoms with Crippen molar-refractivity contribution in [3.63, 3.8) is 0 Å². The first kappa shape index (κ1) is 15.9. The molecule has 0 aliphatic heterocycles. The average Bonchev–Trinajstić information content (AvgIpc) is 2.47. The van der Waals surface area contributed by atoms with Gasteiger partial charge in [-0.2, -0.15) is 0 Å². The molecule has 0 amide bonds. The van der Waals surface area contributed by atoms with E-state index in [1.807, 2.05) is 24.3 Å². The zero-order valence-electron chi connectivity index (χ0n) is 11.3. The van der Waals surface area contributed by atoms with E-state index in [9.17, 15) is 0 Å². The monoisotopic (exact) mass is 340 g/mol. The lowest BCUT2D eigenvalue weighted by molar-refractivity contribution is 0.417. The Morgan fingerprint density at radius 2 is 1.76 bits per heavy atom. The van der Waals surface area contributed by atoms with E-state index in [2.05, 4.69) is 10.6 Å². The summed E-state index contributed by atoms with van der Waals surface area (Å²) in [5.41, 5.74) is 1.81. The second-order valence-electron chi connectivity index (χ2n) is 4.28. The van der Waals surface area contributed by atoms with Gasteiger partial charge in [0.15, 0.2) is 5.11 Å². The molecule has 0 fully saturated rings. The van der Waals surface area contributed by atoms with Crippen molar-refractivity contribution in [2.24, 2.45) is 0 Å². The van der Waals surface area contributed by atoms with Crippen molar-refractivity contribution in [3.8, 4) is 5.75 Å². The van der Waals surface area contributed by atoms with Crippen LogP contribution in [-0.2, 0) is 6.54 Å². The van der Waals surface area contributed by atoms with Crippen molar-refractivity contribution in [2.45, 2.75) is 6.54 Å². The van der Waals surface area contributed by atoms with Crippen LogP contribution in [0.4, 0.5) is 5.69 Å². The number of benzene rings is 2. The molecule has 0 unspecified atom stereocenters. The summed E-state index contributed by atoms with van der Waals surface area (Å²) in [6.45, 7) is 0.603. The minimum atomic E-state index is 0.491.